The topological polar surface area (TPSA) is 101 Å². The average Bonchev–Trinajstić information content (AvgIpc) is 2.87. The van der Waals surface area contributed by atoms with Gasteiger partial charge in [-0.2, -0.15) is 0 Å². The van der Waals surface area contributed by atoms with E-state index in [-0.39, 0.29) is 11.3 Å². The van der Waals surface area contributed by atoms with Gasteiger partial charge in [0.15, 0.2) is 0 Å². The Morgan fingerprint density at radius 3 is 2.70 bits per heavy atom. The minimum absolute atomic E-state index is 0.230. The fraction of sp³-hybridized carbons (Fsp3) is 0.357. The highest BCUT2D eigenvalue weighted by Gasteiger charge is 2.16. The molecule has 0 bridgehead atoms. The standard InChI is InChI=1S/C14H18N4O3S2/c1-4-5-12-16-17-14(22-12)15-13(19)10-8-9(2)6-7-11(10)18-23(3,20)21/h6-8,18H,4-5H2,1-3H3,(H,15,17,19). The minimum atomic E-state index is -3.48. The van der Waals surface area contributed by atoms with Crippen LogP contribution in [0.15, 0.2) is 18.2 Å². The van der Waals surface area contributed by atoms with Gasteiger partial charge in [0, 0.05) is 6.42 Å². The fourth-order valence-electron chi connectivity index (χ4n) is 1.92. The summed E-state index contributed by atoms with van der Waals surface area (Å²) in [5.41, 5.74) is 1.31. The molecular formula is C14H18N4O3S2. The molecule has 124 valence electrons. The molecule has 9 heteroatoms. The van der Waals surface area contributed by atoms with E-state index in [0.29, 0.717) is 5.13 Å². The third-order valence-corrected chi connectivity index (χ3v) is 4.36. The van der Waals surface area contributed by atoms with Crippen LogP contribution >= 0.6 is 11.3 Å². The summed E-state index contributed by atoms with van der Waals surface area (Å²) in [5, 5.41) is 11.8. The SMILES string of the molecule is CCCc1nnc(NC(=O)c2cc(C)ccc2NS(C)(=O)=O)s1. The Labute approximate surface area is 139 Å². The second-order valence-corrected chi connectivity index (χ2v) is 7.94. The van der Waals surface area contributed by atoms with Gasteiger partial charge in [0.25, 0.3) is 5.91 Å². The van der Waals surface area contributed by atoms with Crippen LogP contribution in [-0.4, -0.2) is 30.8 Å². The Hall–Kier alpha value is -2.00. The van der Waals surface area contributed by atoms with Crippen molar-refractivity contribution in [2.24, 2.45) is 0 Å². The monoisotopic (exact) mass is 354 g/mol. The van der Waals surface area contributed by atoms with E-state index < -0.39 is 15.9 Å². The van der Waals surface area contributed by atoms with Crippen LogP contribution in [0.25, 0.3) is 0 Å². The van der Waals surface area contributed by atoms with Crippen molar-refractivity contribution in [3.05, 3.63) is 34.3 Å². The van der Waals surface area contributed by atoms with Crippen molar-refractivity contribution >= 4 is 38.1 Å². The number of carbonyl (C=O) groups excluding carboxylic acids is 1. The van der Waals surface area contributed by atoms with E-state index in [4.69, 9.17) is 0 Å². The summed E-state index contributed by atoms with van der Waals surface area (Å²) in [7, 11) is -3.48. The van der Waals surface area contributed by atoms with E-state index >= 15 is 0 Å². The first-order valence-corrected chi connectivity index (χ1v) is 9.71. The number of amides is 1. The van der Waals surface area contributed by atoms with E-state index in [1.807, 2.05) is 13.8 Å². The van der Waals surface area contributed by atoms with Crippen molar-refractivity contribution in [1.82, 2.24) is 10.2 Å². The summed E-state index contributed by atoms with van der Waals surface area (Å²) >= 11 is 1.31. The van der Waals surface area contributed by atoms with Gasteiger partial charge < -0.3 is 0 Å². The molecule has 0 unspecified atom stereocenters. The summed E-state index contributed by atoms with van der Waals surface area (Å²) in [5.74, 6) is -0.431. The van der Waals surface area contributed by atoms with E-state index in [1.165, 1.54) is 11.3 Å². The zero-order valence-corrected chi connectivity index (χ0v) is 14.7. The predicted molar refractivity (Wildman–Crippen MR) is 91.5 cm³/mol. The van der Waals surface area contributed by atoms with Gasteiger partial charge in [-0.25, -0.2) is 8.42 Å². The van der Waals surface area contributed by atoms with Gasteiger partial charge in [-0.1, -0.05) is 29.9 Å². The highest BCUT2D eigenvalue weighted by molar-refractivity contribution is 7.92. The zero-order valence-electron chi connectivity index (χ0n) is 13.1. The average molecular weight is 354 g/mol. The molecule has 0 spiro atoms. The molecule has 7 nitrogen and oxygen atoms in total. The molecule has 0 saturated carbocycles. The molecular weight excluding hydrogens is 336 g/mol. The molecule has 2 N–H and O–H groups in total. The lowest BCUT2D eigenvalue weighted by atomic mass is 10.1. The third-order valence-electron chi connectivity index (χ3n) is 2.87. The first-order chi connectivity index (χ1) is 10.8. The number of nitrogens with zero attached hydrogens (tertiary/aromatic N) is 2. The summed E-state index contributed by atoms with van der Waals surface area (Å²) in [4.78, 5) is 12.4. The zero-order chi connectivity index (χ0) is 17.0. The maximum absolute atomic E-state index is 12.4. The van der Waals surface area contributed by atoms with Crippen LogP contribution in [0, 0.1) is 6.92 Å². The molecule has 0 aliphatic heterocycles. The Kier molecular flexibility index (Phi) is 5.32. The molecule has 1 amide bonds. The summed E-state index contributed by atoms with van der Waals surface area (Å²) in [6, 6.07) is 4.92. The van der Waals surface area contributed by atoms with Gasteiger partial charge in [0.05, 0.1) is 17.5 Å². The molecule has 1 aromatic carbocycles. The number of aryl methyl sites for hydroxylation is 2. The molecule has 0 atom stereocenters. The van der Waals surface area contributed by atoms with Crippen LogP contribution in [0.4, 0.5) is 10.8 Å². The second kappa shape index (κ2) is 7.05. The third kappa shape index (κ3) is 5.00. The smallest absolute Gasteiger partial charge is 0.259 e. The van der Waals surface area contributed by atoms with Gasteiger partial charge in [0.2, 0.25) is 15.2 Å². The van der Waals surface area contributed by atoms with Crippen LogP contribution in [-0.2, 0) is 16.4 Å². The molecule has 2 aromatic rings. The van der Waals surface area contributed by atoms with Crippen molar-refractivity contribution in [2.45, 2.75) is 26.7 Å². The van der Waals surface area contributed by atoms with Gasteiger partial charge >= 0.3 is 0 Å². The Morgan fingerprint density at radius 2 is 2.04 bits per heavy atom. The Morgan fingerprint density at radius 1 is 1.30 bits per heavy atom. The molecule has 1 heterocycles. The van der Waals surface area contributed by atoms with Crippen molar-refractivity contribution in [1.29, 1.82) is 0 Å². The fourth-order valence-corrected chi connectivity index (χ4v) is 3.33. The minimum Gasteiger partial charge on any atom is -0.296 e. The lowest BCUT2D eigenvalue weighted by Gasteiger charge is -2.10. The van der Waals surface area contributed by atoms with Gasteiger partial charge in [-0.15, -0.1) is 10.2 Å². The number of aromatic nitrogens is 2. The van der Waals surface area contributed by atoms with E-state index in [9.17, 15) is 13.2 Å². The number of hydrogen-bond acceptors (Lipinski definition) is 6. The van der Waals surface area contributed by atoms with E-state index in [0.717, 1.165) is 29.7 Å². The number of nitrogens with one attached hydrogen (secondary N) is 2. The quantitative estimate of drug-likeness (QED) is 0.829. The largest absolute Gasteiger partial charge is 0.296 e. The highest BCUT2D eigenvalue weighted by Crippen LogP contribution is 2.22. The molecule has 0 radical (unpaired) electrons. The molecule has 1 aromatic heterocycles. The second-order valence-electron chi connectivity index (χ2n) is 5.13. The van der Waals surface area contributed by atoms with Crippen molar-refractivity contribution in [2.75, 3.05) is 16.3 Å². The van der Waals surface area contributed by atoms with Crippen molar-refractivity contribution in [3.63, 3.8) is 0 Å². The van der Waals surface area contributed by atoms with E-state index in [1.54, 1.807) is 18.2 Å². The maximum Gasteiger partial charge on any atom is 0.259 e. The lowest BCUT2D eigenvalue weighted by Crippen LogP contribution is -2.17. The van der Waals surface area contributed by atoms with Gasteiger partial charge in [-0.3, -0.25) is 14.8 Å². The lowest BCUT2D eigenvalue weighted by molar-refractivity contribution is 0.102. The van der Waals surface area contributed by atoms with Crippen LogP contribution in [0.1, 0.15) is 34.3 Å². The Bertz CT molecular complexity index is 815. The molecule has 2 rings (SSSR count). The number of rotatable bonds is 6. The van der Waals surface area contributed by atoms with Gasteiger partial charge in [-0.05, 0) is 25.5 Å². The predicted octanol–water partition coefficient (Wildman–Crippen LogP) is 2.42. The Balaban J connectivity index is 2.25. The van der Waals surface area contributed by atoms with Crippen LogP contribution in [0.2, 0.25) is 0 Å². The maximum atomic E-state index is 12.4. The summed E-state index contributed by atoms with van der Waals surface area (Å²) in [6.07, 6.45) is 2.79. The van der Waals surface area contributed by atoms with Crippen LogP contribution < -0.4 is 10.0 Å². The normalized spacial score (nSPS) is 11.3. The number of sulfonamides is 1. The molecule has 0 aliphatic rings. The molecule has 23 heavy (non-hydrogen) atoms. The first kappa shape index (κ1) is 17.4. The highest BCUT2D eigenvalue weighted by atomic mass is 32.2. The number of benzene rings is 1. The van der Waals surface area contributed by atoms with E-state index in [2.05, 4.69) is 20.2 Å². The van der Waals surface area contributed by atoms with Crippen molar-refractivity contribution < 1.29 is 13.2 Å². The number of hydrogen-bond donors (Lipinski definition) is 2. The summed E-state index contributed by atoms with van der Waals surface area (Å²) in [6.45, 7) is 3.86. The number of carbonyl (C=O) groups is 1. The van der Waals surface area contributed by atoms with Crippen LogP contribution in [0.5, 0.6) is 0 Å². The molecule has 0 fully saturated rings. The van der Waals surface area contributed by atoms with Gasteiger partial charge in [0.1, 0.15) is 5.01 Å². The molecule has 0 aliphatic carbocycles. The first-order valence-electron chi connectivity index (χ1n) is 7.00. The molecule has 0 saturated heterocycles. The van der Waals surface area contributed by atoms with Crippen LogP contribution in [0.3, 0.4) is 0 Å². The van der Waals surface area contributed by atoms with Crippen molar-refractivity contribution in [3.8, 4) is 0 Å². The number of anilines is 2. The summed E-state index contributed by atoms with van der Waals surface area (Å²) < 4.78 is 25.2.